The molecule has 0 aromatic heterocycles. The van der Waals surface area contributed by atoms with E-state index in [4.69, 9.17) is 10.5 Å². The van der Waals surface area contributed by atoms with Crippen molar-refractivity contribution in [1.82, 2.24) is 0 Å². The lowest BCUT2D eigenvalue weighted by atomic mass is 9.83. The number of hydrogen-bond acceptors (Lipinski definition) is 3. The van der Waals surface area contributed by atoms with Gasteiger partial charge in [-0.25, -0.2) is 0 Å². The predicted molar refractivity (Wildman–Crippen MR) is 89.6 cm³/mol. The number of nitrogens with two attached hydrogens (primary N) is 1. The molecule has 0 fully saturated rings. The molecule has 2 aromatic carbocycles. The SMILES string of the molecule is COc1ccc(NC(=O)c2ccc(C(C)(C)C(N)=O)cc2)cc1. The Kier molecular flexibility index (Phi) is 4.69. The zero-order valence-corrected chi connectivity index (χ0v) is 13.4. The Morgan fingerprint density at radius 3 is 2.04 bits per heavy atom. The Morgan fingerprint density at radius 2 is 1.57 bits per heavy atom. The minimum atomic E-state index is -0.773. The van der Waals surface area contributed by atoms with Crippen molar-refractivity contribution in [3.05, 3.63) is 59.7 Å². The van der Waals surface area contributed by atoms with Gasteiger partial charge in [0.15, 0.2) is 0 Å². The van der Waals surface area contributed by atoms with Crippen LogP contribution in [0.2, 0.25) is 0 Å². The lowest BCUT2D eigenvalue weighted by Gasteiger charge is -2.21. The molecule has 120 valence electrons. The van der Waals surface area contributed by atoms with E-state index in [0.29, 0.717) is 11.3 Å². The summed E-state index contributed by atoms with van der Waals surface area (Å²) in [7, 11) is 1.59. The lowest BCUT2D eigenvalue weighted by molar-refractivity contribution is -0.122. The normalized spacial score (nSPS) is 10.9. The van der Waals surface area contributed by atoms with Crippen molar-refractivity contribution >= 4 is 17.5 Å². The smallest absolute Gasteiger partial charge is 0.255 e. The molecule has 5 nitrogen and oxygen atoms in total. The van der Waals surface area contributed by atoms with Gasteiger partial charge in [-0.05, 0) is 55.8 Å². The molecule has 0 bridgehead atoms. The molecule has 5 heteroatoms. The number of rotatable bonds is 5. The average molecular weight is 312 g/mol. The summed E-state index contributed by atoms with van der Waals surface area (Å²) in [4.78, 5) is 23.7. The summed E-state index contributed by atoms with van der Waals surface area (Å²) >= 11 is 0. The van der Waals surface area contributed by atoms with Crippen LogP contribution in [0.3, 0.4) is 0 Å². The molecule has 0 unspecified atom stereocenters. The van der Waals surface area contributed by atoms with Gasteiger partial charge in [-0.15, -0.1) is 0 Å². The molecule has 0 radical (unpaired) electrons. The highest BCUT2D eigenvalue weighted by Crippen LogP contribution is 2.23. The van der Waals surface area contributed by atoms with E-state index in [9.17, 15) is 9.59 Å². The third kappa shape index (κ3) is 3.69. The van der Waals surface area contributed by atoms with Crippen LogP contribution < -0.4 is 15.8 Å². The zero-order chi connectivity index (χ0) is 17.0. The molecule has 2 amide bonds. The summed E-state index contributed by atoms with van der Waals surface area (Å²) in [6.45, 7) is 3.50. The number of anilines is 1. The van der Waals surface area contributed by atoms with E-state index in [1.54, 1.807) is 69.5 Å². The van der Waals surface area contributed by atoms with E-state index in [0.717, 1.165) is 11.3 Å². The van der Waals surface area contributed by atoms with Crippen LogP contribution >= 0.6 is 0 Å². The van der Waals surface area contributed by atoms with Crippen molar-refractivity contribution in [1.29, 1.82) is 0 Å². The van der Waals surface area contributed by atoms with Crippen LogP contribution in [0.25, 0.3) is 0 Å². The number of hydrogen-bond donors (Lipinski definition) is 2. The van der Waals surface area contributed by atoms with Crippen molar-refractivity contribution in [2.45, 2.75) is 19.3 Å². The summed E-state index contributed by atoms with van der Waals surface area (Å²) in [5.74, 6) is 0.0903. The van der Waals surface area contributed by atoms with Crippen LogP contribution in [0.1, 0.15) is 29.8 Å². The minimum Gasteiger partial charge on any atom is -0.497 e. The molecular weight excluding hydrogens is 292 g/mol. The Labute approximate surface area is 135 Å². The second-order valence-corrected chi connectivity index (χ2v) is 5.75. The fraction of sp³-hybridized carbons (Fsp3) is 0.222. The second kappa shape index (κ2) is 6.52. The molecular formula is C18H20N2O3. The zero-order valence-electron chi connectivity index (χ0n) is 13.4. The van der Waals surface area contributed by atoms with E-state index in [2.05, 4.69) is 5.32 Å². The monoisotopic (exact) mass is 312 g/mol. The van der Waals surface area contributed by atoms with Crippen LogP contribution in [0, 0.1) is 0 Å². The highest BCUT2D eigenvalue weighted by molar-refractivity contribution is 6.04. The van der Waals surface area contributed by atoms with Crippen LogP contribution in [-0.4, -0.2) is 18.9 Å². The maximum Gasteiger partial charge on any atom is 0.255 e. The van der Waals surface area contributed by atoms with Crippen molar-refractivity contribution in [3.63, 3.8) is 0 Å². The van der Waals surface area contributed by atoms with Gasteiger partial charge in [0, 0.05) is 11.3 Å². The molecule has 0 saturated heterocycles. The highest BCUT2D eigenvalue weighted by atomic mass is 16.5. The van der Waals surface area contributed by atoms with Gasteiger partial charge >= 0.3 is 0 Å². The Bertz CT molecular complexity index is 704. The van der Waals surface area contributed by atoms with E-state index in [1.807, 2.05) is 0 Å². The third-order valence-corrected chi connectivity index (χ3v) is 3.83. The van der Waals surface area contributed by atoms with Gasteiger partial charge in [0.25, 0.3) is 5.91 Å². The summed E-state index contributed by atoms with van der Waals surface area (Å²) in [5.41, 5.74) is 6.58. The van der Waals surface area contributed by atoms with Gasteiger partial charge in [-0.1, -0.05) is 12.1 Å². The molecule has 23 heavy (non-hydrogen) atoms. The highest BCUT2D eigenvalue weighted by Gasteiger charge is 2.27. The first-order valence-corrected chi connectivity index (χ1v) is 7.20. The van der Waals surface area contributed by atoms with Crippen LogP contribution in [0.4, 0.5) is 5.69 Å². The molecule has 2 rings (SSSR count). The molecule has 0 aliphatic heterocycles. The molecule has 0 aliphatic rings. The summed E-state index contributed by atoms with van der Waals surface area (Å²) in [6.07, 6.45) is 0. The summed E-state index contributed by atoms with van der Waals surface area (Å²) in [6, 6.07) is 13.9. The van der Waals surface area contributed by atoms with Gasteiger partial charge in [0.1, 0.15) is 5.75 Å². The predicted octanol–water partition coefficient (Wildman–Crippen LogP) is 2.71. The minimum absolute atomic E-state index is 0.224. The molecule has 3 N–H and O–H groups in total. The maximum atomic E-state index is 12.2. The third-order valence-electron chi connectivity index (χ3n) is 3.83. The quantitative estimate of drug-likeness (QED) is 0.890. The largest absolute Gasteiger partial charge is 0.497 e. The lowest BCUT2D eigenvalue weighted by Crippen LogP contribution is -2.35. The van der Waals surface area contributed by atoms with Crippen LogP contribution in [-0.2, 0) is 10.2 Å². The summed E-state index contributed by atoms with van der Waals surface area (Å²) in [5, 5.41) is 2.80. The van der Waals surface area contributed by atoms with Crippen molar-refractivity contribution < 1.29 is 14.3 Å². The number of carbonyl (C=O) groups is 2. The molecule has 0 spiro atoms. The van der Waals surface area contributed by atoms with E-state index in [1.165, 1.54) is 0 Å². The fourth-order valence-electron chi connectivity index (χ4n) is 2.06. The molecule has 0 saturated carbocycles. The first kappa shape index (κ1) is 16.5. The van der Waals surface area contributed by atoms with E-state index < -0.39 is 11.3 Å². The average Bonchev–Trinajstić information content (AvgIpc) is 2.55. The number of primary amides is 1. The Balaban J connectivity index is 2.12. The topological polar surface area (TPSA) is 81.4 Å². The van der Waals surface area contributed by atoms with E-state index in [-0.39, 0.29) is 5.91 Å². The number of nitrogens with one attached hydrogen (secondary N) is 1. The molecule has 0 heterocycles. The van der Waals surface area contributed by atoms with Crippen molar-refractivity contribution in [3.8, 4) is 5.75 Å². The van der Waals surface area contributed by atoms with Crippen molar-refractivity contribution in [2.24, 2.45) is 5.73 Å². The number of ether oxygens (including phenoxy) is 1. The second-order valence-electron chi connectivity index (χ2n) is 5.75. The maximum absolute atomic E-state index is 12.2. The summed E-state index contributed by atoms with van der Waals surface area (Å²) < 4.78 is 5.07. The van der Waals surface area contributed by atoms with Gasteiger partial charge in [-0.2, -0.15) is 0 Å². The first-order valence-electron chi connectivity index (χ1n) is 7.20. The fourth-order valence-corrected chi connectivity index (χ4v) is 2.06. The molecule has 0 atom stereocenters. The number of amides is 2. The van der Waals surface area contributed by atoms with Gasteiger partial charge in [0.05, 0.1) is 12.5 Å². The number of carbonyl (C=O) groups excluding carboxylic acids is 2. The molecule has 2 aromatic rings. The van der Waals surface area contributed by atoms with Crippen molar-refractivity contribution in [2.75, 3.05) is 12.4 Å². The number of benzene rings is 2. The van der Waals surface area contributed by atoms with Crippen LogP contribution in [0.5, 0.6) is 5.75 Å². The van der Waals surface area contributed by atoms with Crippen LogP contribution in [0.15, 0.2) is 48.5 Å². The van der Waals surface area contributed by atoms with E-state index >= 15 is 0 Å². The standard InChI is InChI=1S/C18H20N2O3/c1-18(2,17(19)22)13-6-4-12(5-7-13)16(21)20-14-8-10-15(23-3)11-9-14/h4-11H,1-3H3,(H2,19,22)(H,20,21). The first-order chi connectivity index (χ1) is 10.8. The Morgan fingerprint density at radius 1 is 1.00 bits per heavy atom. The Hall–Kier alpha value is -2.82. The molecule has 0 aliphatic carbocycles. The van der Waals surface area contributed by atoms with Gasteiger partial charge in [-0.3, -0.25) is 9.59 Å². The van der Waals surface area contributed by atoms with Gasteiger partial charge < -0.3 is 15.8 Å². The van der Waals surface area contributed by atoms with Gasteiger partial charge in [0.2, 0.25) is 5.91 Å². The number of methoxy groups -OCH3 is 1.